The molecule has 2 N–H and O–H groups in total. The lowest BCUT2D eigenvalue weighted by molar-refractivity contribution is 0.470. The standard InChI is InChI=1S/C10H12IN3/c1-2-10(12)14-9-5-8(11)4-3-7(9)6-13-14/h3-6,10H,2,12H2,1H3. The van der Waals surface area contributed by atoms with Crippen molar-refractivity contribution in [1.29, 1.82) is 0 Å². The molecule has 1 heterocycles. The van der Waals surface area contributed by atoms with Gasteiger partial charge in [0.1, 0.15) is 0 Å². The van der Waals surface area contributed by atoms with Gasteiger partial charge in [-0.3, -0.25) is 0 Å². The Balaban J connectivity index is 2.61. The van der Waals surface area contributed by atoms with Gasteiger partial charge in [-0.1, -0.05) is 13.0 Å². The molecule has 0 aliphatic rings. The number of nitrogens with two attached hydrogens (primary N) is 1. The van der Waals surface area contributed by atoms with Gasteiger partial charge in [0.05, 0.1) is 17.9 Å². The molecule has 1 aromatic carbocycles. The quantitative estimate of drug-likeness (QED) is 0.866. The molecule has 1 unspecified atom stereocenters. The van der Waals surface area contributed by atoms with Crippen LogP contribution in [0, 0.1) is 3.57 Å². The van der Waals surface area contributed by atoms with Crippen LogP contribution in [0.1, 0.15) is 19.5 Å². The van der Waals surface area contributed by atoms with Crippen LogP contribution in [0.3, 0.4) is 0 Å². The number of hydrogen-bond donors (Lipinski definition) is 1. The van der Waals surface area contributed by atoms with Crippen LogP contribution in [-0.4, -0.2) is 9.78 Å². The molecule has 0 saturated heterocycles. The van der Waals surface area contributed by atoms with Crippen LogP contribution >= 0.6 is 22.6 Å². The largest absolute Gasteiger partial charge is 0.310 e. The van der Waals surface area contributed by atoms with Gasteiger partial charge in [0.25, 0.3) is 0 Å². The third kappa shape index (κ3) is 1.64. The highest BCUT2D eigenvalue weighted by Gasteiger charge is 2.07. The Bertz CT molecular complexity index is 450. The van der Waals surface area contributed by atoms with Crippen LogP contribution in [0.2, 0.25) is 0 Å². The van der Waals surface area contributed by atoms with Gasteiger partial charge in [-0.15, -0.1) is 0 Å². The highest BCUT2D eigenvalue weighted by atomic mass is 127. The summed E-state index contributed by atoms with van der Waals surface area (Å²) in [5.74, 6) is 0. The highest BCUT2D eigenvalue weighted by Crippen LogP contribution is 2.19. The van der Waals surface area contributed by atoms with Gasteiger partial charge in [0, 0.05) is 8.96 Å². The van der Waals surface area contributed by atoms with Gasteiger partial charge in [-0.05, 0) is 41.1 Å². The van der Waals surface area contributed by atoms with Crippen molar-refractivity contribution in [2.45, 2.75) is 19.5 Å². The van der Waals surface area contributed by atoms with E-state index in [2.05, 4.69) is 52.8 Å². The number of aromatic nitrogens is 2. The topological polar surface area (TPSA) is 43.8 Å². The first-order valence-corrected chi connectivity index (χ1v) is 5.68. The SMILES string of the molecule is CCC(N)n1ncc2ccc(I)cc21. The van der Waals surface area contributed by atoms with Crippen LogP contribution in [-0.2, 0) is 0 Å². The van der Waals surface area contributed by atoms with E-state index in [1.165, 1.54) is 3.57 Å². The maximum Gasteiger partial charge on any atom is 0.0993 e. The van der Waals surface area contributed by atoms with Gasteiger partial charge in [0.2, 0.25) is 0 Å². The second-order valence-corrected chi connectivity index (χ2v) is 4.51. The van der Waals surface area contributed by atoms with E-state index in [1.54, 1.807) is 0 Å². The first kappa shape index (κ1) is 9.92. The van der Waals surface area contributed by atoms with Crippen molar-refractivity contribution in [3.05, 3.63) is 28.0 Å². The summed E-state index contributed by atoms with van der Waals surface area (Å²) in [5.41, 5.74) is 7.07. The van der Waals surface area contributed by atoms with E-state index in [1.807, 2.05) is 10.9 Å². The highest BCUT2D eigenvalue weighted by molar-refractivity contribution is 14.1. The summed E-state index contributed by atoms with van der Waals surface area (Å²) in [6, 6.07) is 6.26. The van der Waals surface area contributed by atoms with Crippen molar-refractivity contribution in [3.8, 4) is 0 Å². The number of hydrogen-bond acceptors (Lipinski definition) is 2. The van der Waals surface area contributed by atoms with Gasteiger partial charge in [-0.25, -0.2) is 4.68 Å². The molecule has 2 rings (SSSR count). The number of benzene rings is 1. The van der Waals surface area contributed by atoms with Gasteiger partial charge in [0.15, 0.2) is 0 Å². The second kappa shape index (κ2) is 3.86. The molecule has 74 valence electrons. The number of rotatable bonds is 2. The van der Waals surface area contributed by atoms with E-state index in [9.17, 15) is 0 Å². The molecule has 14 heavy (non-hydrogen) atoms. The lowest BCUT2D eigenvalue weighted by Gasteiger charge is -2.10. The molecule has 1 aromatic heterocycles. The molecule has 0 aliphatic heterocycles. The zero-order valence-corrected chi connectivity index (χ0v) is 10.1. The smallest absolute Gasteiger partial charge is 0.0993 e. The molecule has 0 radical (unpaired) electrons. The number of fused-ring (bicyclic) bond motifs is 1. The van der Waals surface area contributed by atoms with E-state index >= 15 is 0 Å². The molecule has 3 nitrogen and oxygen atoms in total. The summed E-state index contributed by atoms with van der Waals surface area (Å²) in [5, 5.41) is 5.44. The van der Waals surface area contributed by atoms with Crippen LogP contribution in [0.5, 0.6) is 0 Å². The molecule has 4 heteroatoms. The third-order valence-electron chi connectivity index (χ3n) is 2.29. The predicted molar refractivity (Wildman–Crippen MR) is 66.0 cm³/mol. The maximum atomic E-state index is 5.95. The minimum atomic E-state index is -0.0225. The fourth-order valence-corrected chi connectivity index (χ4v) is 1.92. The minimum Gasteiger partial charge on any atom is -0.310 e. The van der Waals surface area contributed by atoms with E-state index < -0.39 is 0 Å². The zero-order chi connectivity index (χ0) is 10.1. The van der Waals surface area contributed by atoms with Gasteiger partial charge >= 0.3 is 0 Å². The fourth-order valence-electron chi connectivity index (χ4n) is 1.45. The van der Waals surface area contributed by atoms with Crippen molar-refractivity contribution in [1.82, 2.24) is 9.78 Å². The lowest BCUT2D eigenvalue weighted by atomic mass is 10.2. The first-order valence-electron chi connectivity index (χ1n) is 4.60. The Labute approximate surface area is 96.4 Å². The summed E-state index contributed by atoms with van der Waals surface area (Å²) in [4.78, 5) is 0. The van der Waals surface area contributed by atoms with E-state index in [0.717, 1.165) is 17.3 Å². The predicted octanol–water partition coefficient (Wildman–Crippen LogP) is 2.51. The Morgan fingerprint density at radius 3 is 3.07 bits per heavy atom. The molecular formula is C10H12IN3. The van der Waals surface area contributed by atoms with Gasteiger partial charge in [-0.2, -0.15) is 5.10 Å². The minimum absolute atomic E-state index is 0.0225. The Morgan fingerprint density at radius 1 is 1.57 bits per heavy atom. The lowest BCUT2D eigenvalue weighted by Crippen LogP contribution is -2.18. The molecule has 2 aromatic rings. The van der Waals surface area contributed by atoms with Crippen molar-refractivity contribution in [3.63, 3.8) is 0 Å². The summed E-state index contributed by atoms with van der Waals surface area (Å²) in [6.45, 7) is 2.06. The summed E-state index contributed by atoms with van der Waals surface area (Å²) >= 11 is 2.30. The molecule has 0 amide bonds. The summed E-state index contributed by atoms with van der Waals surface area (Å²) in [6.07, 6.45) is 2.73. The van der Waals surface area contributed by atoms with E-state index in [-0.39, 0.29) is 6.17 Å². The normalized spacial score (nSPS) is 13.4. The van der Waals surface area contributed by atoms with Crippen LogP contribution in [0.25, 0.3) is 10.9 Å². The number of halogens is 1. The molecule has 0 spiro atoms. The average molecular weight is 301 g/mol. The monoisotopic (exact) mass is 301 g/mol. The summed E-state index contributed by atoms with van der Waals surface area (Å²) < 4.78 is 3.09. The Morgan fingerprint density at radius 2 is 2.36 bits per heavy atom. The molecule has 0 fully saturated rings. The molecular weight excluding hydrogens is 289 g/mol. The Kier molecular flexibility index (Phi) is 2.73. The molecule has 1 atom stereocenters. The van der Waals surface area contributed by atoms with Crippen molar-refractivity contribution in [2.24, 2.45) is 5.73 Å². The van der Waals surface area contributed by atoms with E-state index in [0.29, 0.717) is 0 Å². The van der Waals surface area contributed by atoms with Crippen LogP contribution < -0.4 is 5.73 Å². The van der Waals surface area contributed by atoms with Crippen molar-refractivity contribution >= 4 is 33.5 Å². The third-order valence-corrected chi connectivity index (χ3v) is 2.96. The average Bonchev–Trinajstić information content (AvgIpc) is 2.59. The summed E-state index contributed by atoms with van der Waals surface area (Å²) in [7, 11) is 0. The van der Waals surface area contributed by atoms with Crippen molar-refractivity contribution < 1.29 is 0 Å². The van der Waals surface area contributed by atoms with E-state index in [4.69, 9.17) is 5.73 Å². The number of nitrogens with zero attached hydrogens (tertiary/aromatic N) is 2. The Hall–Kier alpha value is -0.620. The van der Waals surface area contributed by atoms with Crippen molar-refractivity contribution in [2.75, 3.05) is 0 Å². The second-order valence-electron chi connectivity index (χ2n) is 3.27. The van der Waals surface area contributed by atoms with Gasteiger partial charge < -0.3 is 5.73 Å². The fraction of sp³-hybridized carbons (Fsp3) is 0.300. The first-order chi connectivity index (χ1) is 6.72. The van der Waals surface area contributed by atoms with Crippen LogP contribution in [0.4, 0.5) is 0 Å². The maximum absolute atomic E-state index is 5.95. The molecule has 0 bridgehead atoms. The zero-order valence-electron chi connectivity index (χ0n) is 7.94. The molecule has 0 aliphatic carbocycles. The molecule has 0 saturated carbocycles. The van der Waals surface area contributed by atoms with Crippen LogP contribution in [0.15, 0.2) is 24.4 Å².